The van der Waals surface area contributed by atoms with Crippen LogP contribution in [-0.4, -0.2) is 31.2 Å². The van der Waals surface area contributed by atoms with E-state index < -0.39 is 29.1 Å². The zero-order chi connectivity index (χ0) is 21.3. The molecule has 0 radical (unpaired) electrons. The molecule has 2 aromatic carbocycles. The molecule has 0 bridgehead atoms. The molecular weight excluding hydrogens is 373 g/mol. The third kappa shape index (κ3) is 3.72. The first-order valence-corrected chi connectivity index (χ1v) is 9.45. The zero-order valence-electron chi connectivity index (χ0n) is 16.9. The standard InChI is InChI=1S/C22H24FN3O3/c1-5-17(26(21(28)29)22(2,3)4)19-24-16-12-8-6-10-14(16)20(27)25(19)18-13-9-7-11-15(18)23/h6-13,17H,5H2,1-4H3,(H,28,29). The number of benzene rings is 2. The van der Waals surface area contributed by atoms with Gasteiger partial charge < -0.3 is 5.11 Å². The Balaban J connectivity index is 2.42. The molecule has 1 N–H and O–H groups in total. The van der Waals surface area contributed by atoms with Crippen LogP contribution in [0.2, 0.25) is 0 Å². The van der Waals surface area contributed by atoms with Gasteiger partial charge in [0.05, 0.1) is 22.6 Å². The van der Waals surface area contributed by atoms with E-state index in [9.17, 15) is 19.1 Å². The zero-order valence-corrected chi connectivity index (χ0v) is 16.9. The van der Waals surface area contributed by atoms with Crippen molar-refractivity contribution in [3.63, 3.8) is 0 Å². The summed E-state index contributed by atoms with van der Waals surface area (Å²) in [5.41, 5.74) is -0.703. The van der Waals surface area contributed by atoms with Gasteiger partial charge in [0.25, 0.3) is 5.56 Å². The maximum atomic E-state index is 14.7. The summed E-state index contributed by atoms with van der Waals surface area (Å²) in [7, 11) is 0. The molecule has 0 spiro atoms. The van der Waals surface area contributed by atoms with Crippen molar-refractivity contribution in [2.75, 3.05) is 0 Å². The fourth-order valence-electron chi connectivity index (χ4n) is 3.61. The fourth-order valence-corrected chi connectivity index (χ4v) is 3.61. The highest BCUT2D eigenvalue weighted by Crippen LogP contribution is 2.31. The molecule has 0 saturated carbocycles. The maximum Gasteiger partial charge on any atom is 0.408 e. The number of fused-ring (bicyclic) bond motifs is 1. The molecule has 1 heterocycles. The van der Waals surface area contributed by atoms with Crippen molar-refractivity contribution in [2.24, 2.45) is 0 Å². The molecule has 3 rings (SSSR count). The van der Waals surface area contributed by atoms with E-state index >= 15 is 0 Å². The topological polar surface area (TPSA) is 75.4 Å². The van der Waals surface area contributed by atoms with Crippen molar-refractivity contribution in [1.82, 2.24) is 14.5 Å². The number of carboxylic acid groups (broad SMARTS) is 1. The van der Waals surface area contributed by atoms with E-state index in [0.717, 1.165) is 0 Å². The van der Waals surface area contributed by atoms with E-state index in [1.54, 1.807) is 51.1 Å². The number of aromatic nitrogens is 2. The molecule has 0 aliphatic rings. The number of hydrogen-bond acceptors (Lipinski definition) is 3. The molecule has 1 unspecified atom stereocenters. The van der Waals surface area contributed by atoms with Crippen LogP contribution >= 0.6 is 0 Å². The summed E-state index contributed by atoms with van der Waals surface area (Å²) in [6, 6.07) is 12.0. The van der Waals surface area contributed by atoms with Crippen molar-refractivity contribution in [1.29, 1.82) is 0 Å². The Morgan fingerprint density at radius 1 is 1.17 bits per heavy atom. The highest BCUT2D eigenvalue weighted by molar-refractivity contribution is 5.78. The number of rotatable bonds is 4. The fraction of sp³-hybridized carbons (Fsp3) is 0.318. The average molecular weight is 397 g/mol. The van der Waals surface area contributed by atoms with E-state index in [1.807, 2.05) is 6.92 Å². The highest BCUT2D eigenvalue weighted by atomic mass is 19.1. The maximum absolute atomic E-state index is 14.7. The van der Waals surface area contributed by atoms with Crippen LogP contribution in [0.1, 0.15) is 46.0 Å². The van der Waals surface area contributed by atoms with Crippen LogP contribution in [-0.2, 0) is 0 Å². The molecule has 0 saturated heterocycles. The number of halogens is 1. The van der Waals surface area contributed by atoms with Gasteiger partial charge in [0.15, 0.2) is 0 Å². The SMILES string of the molecule is CCC(c1nc2ccccc2c(=O)n1-c1ccccc1F)N(C(=O)O)C(C)(C)C. The van der Waals surface area contributed by atoms with Crippen LogP contribution in [0.15, 0.2) is 53.3 Å². The molecule has 1 amide bonds. The predicted molar refractivity (Wildman–Crippen MR) is 110 cm³/mol. The second-order valence-electron chi connectivity index (χ2n) is 7.83. The summed E-state index contributed by atoms with van der Waals surface area (Å²) in [6.45, 7) is 7.14. The van der Waals surface area contributed by atoms with Crippen LogP contribution in [0.5, 0.6) is 0 Å². The highest BCUT2D eigenvalue weighted by Gasteiger charge is 2.36. The summed E-state index contributed by atoms with van der Waals surface area (Å²) >= 11 is 0. The minimum absolute atomic E-state index is 0.0449. The number of carbonyl (C=O) groups is 1. The lowest BCUT2D eigenvalue weighted by Gasteiger charge is -2.39. The third-order valence-electron chi connectivity index (χ3n) is 4.82. The molecule has 0 aliphatic carbocycles. The van der Waals surface area contributed by atoms with E-state index in [-0.39, 0.29) is 11.5 Å². The third-order valence-corrected chi connectivity index (χ3v) is 4.82. The smallest absolute Gasteiger partial charge is 0.408 e. The molecule has 29 heavy (non-hydrogen) atoms. The van der Waals surface area contributed by atoms with Crippen molar-refractivity contribution < 1.29 is 14.3 Å². The van der Waals surface area contributed by atoms with Gasteiger partial charge in [0.2, 0.25) is 0 Å². The Morgan fingerprint density at radius 3 is 2.38 bits per heavy atom. The van der Waals surface area contributed by atoms with Gasteiger partial charge in [-0.15, -0.1) is 0 Å². The molecule has 7 heteroatoms. The molecule has 3 aromatic rings. The minimum Gasteiger partial charge on any atom is -0.465 e. The van der Waals surface area contributed by atoms with Gasteiger partial charge >= 0.3 is 6.09 Å². The number of amides is 1. The second kappa shape index (κ2) is 7.66. The number of hydrogen-bond donors (Lipinski definition) is 1. The average Bonchev–Trinajstić information content (AvgIpc) is 2.65. The van der Waals surface area contributed by atoms with Gasteiger partial charge in [-0.3, -0.25) is 14.3 Å². The Bertz CT molecular complexity index is 1120. The first-order valence-electron chi connectivity index (χ1n) is 9.45. The summed E-state index contributed by atoms with van der Waals surface area (Å²) in [4.78, 5) is 31.4. The van der Waals surface area contributed by atoms with Gasteiger partial charge in [-0.1, -0.05) is 31.2 Å². The van der Waals surface area contributed by atoms with Crippen LogP contribution in [0.4, 0.5) is 9.18 Å². The van der Waals surface area contributed by atoms with Crippen molar-refractivity contribution >= 4 is 17.0 Å². The first-order chi connectivity index (χ1) is 13.7. The second-order valence-corrected chi connectivity index (χ2v) is 7.83. The molecular formula is C22H24FN3O3. The van der Waals surface area contributed by atoms with E-state index in [4.69, 9.17) is 0 Å². The van der Waals surface area contributed by atoms with Crippen molar-refractivity contribution in [2.45, 2.75) is 45.7 Å². The molecule has 1 atom stereocenters. The lowest BCUT2D eigenvalue weighted by Crippen LogP contribution is -2.48. The molecule has 152 valence electrons. The van der Waals surface area contributed by atoms with Crippen LogP contribution in [0.3, 0.4) is 0 Å². The lowest BCUT2D eigenvalue weighted by molar-refractivity contribution is 0.0646. The van der Waals surface area contributed by atoms with E-state index in [0.29, 0.717) is 17.3 Å². The van der Waals surface area contributed by atoms with Gasteiger partial charge in [-0.25, -0.2) is 14.2 Å². The Kier molecular flexibility index (Phi) is 5.42. The monoisotopic (exact) mass is 397 g/mol. The van der Waals surface area contributed by atoms with Gasteiger partial charge in [-0.05, 0) is 51.5 Å². The van der Waals surface area contributed by atoms with Gasteiger partial charge in [-0.2, -0.15) is 0 Å². The van der Waals surface area contributed by atoms with Gasteiger partial charge in [0, 0.05) is 5.54 Å². The van der Waals surface area contributed by atoms with E-state index in [2.05, 4.69) is 4.98 Å². The Hall–Kier alpha value is -3.22. The summed E-state index contributed by atoms with van der Waals surface area (Å²) in [6.07, 6.45) is -0.769. The summed E-state index contributed by atoms with van der Waals surface area (Å²) < 4.78 is 15.9. The van der Waals surface area contributed by atoms with Crippen LogP contribution in [0.25, 0.3) is 16.6 Å². The first kappa shape index (κ1) is 20.5. The van der Waals surface area contributed by atoms with Crippen LogP contribution in [0, 0.1) is 5.82 Å². The van der Waals surface area contributed by atoms with Gasteiger partial charge in [0.1, 0.15) is 11.6 Å². The quantitative estimate of drug-likeness (QED) is 0.689. The molecule has 1 aromatic heterocycles. The largest absolute Gasteiger partial charge is 0.465 e. The van der Waals surface area contributed by atoms with E-state index in [1.165, 1.54) is 27.7 Å². The Labute approximate surface area is 168 Å². The Morgan fingerprint density at radius 2 is 1.79 bits per heavy atom. The number of nitrogens with zero attached hydrogens (tertiary/aromatic N) is 3. The van der Waals surface area contributed by atoms with Crippen LogP contribution < -0.4 is 5.56 Å². The lowest BCUT2D eigenvalue weighted by atomic mass is 10.0. The summed E-state index contributed by atoms with van der Waals surface area (Å²) in [5, 5.41) is 10.2. The predicted octanol–water partition coefficient (Wildman–Crippen LogP) is 4.75. The summed E-state index contributed by atoms with van der Waals surface area (Å²) in [5.74, 6) is -0.390. The minimum atomic E-state index is -1.13. The number of para-hydroxylation sites is 2. The molecule has 0 fully saturated rings. The molecule has 6 nitrogen and oxygen atoms in total. The van der Waals surface area contributed by atoms with Crippen molar-refractivity contribution in [3.8, 4) is 5.69 Å². The van der Waals surface area contributed by atoms with Crippen molar-refractivity contribution in [3.05, 3.63) is 70.5 Å². The normalized spacial score (nSPS) is 12.7. The molecule has 0 aliphatic heterocycles.